The molecular formula is C15H32N2O. The molecule has 0 aromatic rings. The van der Waals surface area contributed by atoms with Gasteiger partial charge in [0.2, 0.25) is 0 Å². The second kappa shape index (κ2) is 8.89. The van der Waals surface area contributed by atoms with Crippen molar-refractivity contribution >= 4 is 0 Å². The fourth-order valence-electron chi connectivity index (χ4n) is 2.24. The van der Waals surface area contributed by atoms with E-state index in [1.807, 2.05) is 0 Å². The lowest BCUT2D eigenvalue weighted by atomic mass is 10.1. The third kappa shape index (κ3) is 6.17. The van der Waals surface area contributed by atoms with Crippen LogP contribution in [0.2, 0.25) is 0 Å². The van der Waals surface area contributed by atoms with Crippen LogP contribution in [-0.4, -0.2) is 50.3 Å². The number of hydrogen-bond donors (Lipinski definition) is 1. The summed E-state index contributed by atoms with van der Waals surface area (Å²) in [5.74, 6) is 0.877. The van der Waals surface area contributed by atoms with Crippen molar-refractivity contribution in [3.05, 3.63) is 0 Å². The fourth-order valence-corrected chi connectivity index (χ4v) is 2.24. The molecule has 2 atom stereocenters. The van der Waals surface area contributed by atoms with Crippen molar-refractivity contribution in [2.45, 2.75) is 58.5 Å². The lowest BCUT2D eigenvalue weighted by Gasteiger charge is -2.32. The summed E-state index contributed by atoms with van der Waals surface area (Å²) in [6.45, 7) is 10.8. The van der Waals surface area contributed by atoms with Crippen molar-refractivity contribution in [1.82, 2.24) is 10.2 Å². The van der Waals surface area contributed by atoms with Crippen molar-refractivity contribution in [3.8, 4) is 0 Å². The third-order valence-electron chi connectivity index (χ3n) is 4.01. The monoisotopic (exact) mass is 256 g/mol. The largest absolute Gasteiger partial charge is 0.380 e. The highest BCUT2D eigenvalue weighted by Gasteiger charge is 2.22. The smallest absolute Gasteiger partial charge is 0.0593 e. The molecule has 1 aliphatic carbocycles. The van der Waals surface area contributed by atoms with Gasteiger partial charge in [-0.05, 0) is 52.1 Å². The zero-order valence-electron chi connectivity index (χ0n) is 12.7. The van der Waals surface area contributed by atoms with E-state index < -0.39 is 0 Å². The van der Waals surface area contributed by atoms with Gasteiger partial charge in [-0.25, -0.2) is 0 Å². The Morgan fingerprint density at radius 1 is 1.33 bits per heavy atom. The molecule has 0 bridgehead atoms. The van der Waals surface area contributed by atoms with E-state index in [1.165, 1.54) is 25.7 Å². The van der Waals surface area contributed by atoms with Gasteiger partial charge < -0.3 is 10.1 Å². The topological polar surface area (TPSA) is 24.5 Å². The number of rotatable bonds is 11. The number of likely N-dealkylation sites (N-methyl/N-ethyl adjacent to an activating group) is 1. The van der Waals surface area contributed by atoms with Crippen molar-refractivity contribution in [3.63, 3.8) is 0 Å². The summed E-state index contributed by atoms with van der Waals surface area (Å²) in [5.41, 5.74) is 0. The Labute approximate surface area is 113 Å². The van der Waals surface area contributed by atoms with Gasteiger partial charge in [0.05, 0.1) is 6.61 Å². The van der Waals surface area contributed by atoms with Gasteiger partial charge in [-0.1, -0.05) is 13.8 Å². The molecule has 0 aromatic carbocycles. The van der Waals surface area contributed by atoms with Gasteiger partial charge in [-0.15, -0.1) is 0 Å². The molecule has 18 heavy (non-hydrogen) atoms. The van der Waals surface area contributed by atoms with Crippen LogP contribution in [0.1, 0.15) is 46.5 Å². The quantitative estimate of drug-likeness (QED) is 0.575. The zero-order valence-corrected chi connectivity index (χ0v) is 12.7. The fraction of sp³-hybridized carbons (Fsp3) is 1.00. The summed E-state index contributed by atoms with van der Waals surface area (Å²) in [4.78, 5) is 2.42. The maximum atomic E-state index is 5.71. The number of nitrogens with one attached hydrogen (secondary N) is 1. The summed E-state index contributed by atoms with van der Waals surface area (Å²) >= 11 is 0. The molecule has 0 heterocycles. The minimum Gasteiger partial charge on any atom is -0.380 e. The van der Waals surface area contributed by atoms with Gasteiger partial charge in [-0.2, -0.15) is 0 Å². The average Bonchev–Trinajstić information content (AvgIpc) is 3.19. The van der Waals surface area contributed by atoms with Crippen LogP contribution in [-0.2, 0) is 4.74 Å². The number of hydrogen-bond acceptors (Lipinski definition) is 3. The second-order valence-corrected chi connectivity index (χ2v) is 5.71. The third-order valence-corrected chi connectivity index (χ3v) is 4.01. The molecule has 1 aliphatic rings. The first kappa shape index (κ1) is 15.9. The lowest BCUT2D eigenvalue weighted by molar-refractivity contribution is 0.0866. The number of ether oxygens (including phenoxy) is 1. The van der Waals surface area contributed by atoms with E-state index in [-0.39, 0.29) is 0 Å². The highest BCUT2D eigenvalue weighted by molar-refractivity contribution is 4.78. The molecule has 108 valence electrons. The standard InChI is InChI=1S/C15H32N2O/c1-5-9-16-15(6-2)13(3)17(4)10-11-18-12-14-7-8-14/h13-16H,5-12H2,1-4H3. The molecule has 1 N–H and O–H groups in total. The summed E-state index contributed by atoms with van der Waals surface area (Å²) in [7, 11) is 2.21. The van der Waals surface area contributed by atoms with E-state index in [0.717, 1.165) is 32.2 Å². The van der Waals surface area contributed by atoms with Crippen LogP contribution in [0, 0.1) is 5.92 Å². The predicted molar refractivity (Wildman–Crippen MR) is 78.0 cm³/mol. The average molecular weight is 256 g/mol. The first-order chi connectivity index (χ1) is 8.69. The van der Waals surface area contributed by atoms with Gasteiger partial charge in [0, 0.05) is 25.2 Å². The van der Waals surface area contributed by atoms with Crippen LogP contribution in [0.3, 0.4) is 0 Å². The Balaban J connectivity index is 2.13. The van der Waals surface area contributed by atoms with E-state index >= 15 is 0 Å². The summed E-state index contributed by atoms with van der Waals surface area (Å²) in [6.07, 6.45) is 5.15. The Morgan fingerprint density at radius 3 is 2.61 bits per heavy atom. The molecule has 1 fully saturated rings. The molecule has 3 nitrogen and oxygen atoms in total. The normalized spacial score (nSPS) is 19.2. The summed E-state index contributed by atoms with van der Waals surface area (Å²) in [5, 5.41) is 3.64. The van der Waals surface area contributed by atoms with Crippen molar-refractivity contribution in [2.24, 2.45) is 5.92 Å². The van der Waals surface area contributed by atoms with Crippen LogP contribution in [0.25, 0.3) is 0 Å². The number of nitrogens with zero attached hydrogens (tertiary/aromatic N) is 1. The highest BCUT2D eigenvalue weighted by Crippen LogP contribution is 2.28. The van der Waals surface area contributed by atoms with Gasteiger partial charge >= 0.3 is 0 Å². The second-order valence-electron chi connectivity index (χ2n) is 5.71. The Bertz CT molecular complexity index is 207. The van der Waals surface area contributed by atoms with Crippen molar-refractivity contribution in [1.29, 1.82) is 0 Å². The maximum Gasteiger partial charge on any atom is 0.0593 e. The van der Waals surface area contributed by atoms with Gasteiger partial charge in [0.1, 0.15) is 0 Å². The maximum absolute atomic E-state index is 5.71. The Kier molecular flexibility index (Phi) is 7.87. The van der Waals surface area contributed by atoms with Crippen LogP contribution < -0.4 is 5.32 Å². The molecule has 1 saturated carbocycles. The van der Waals surface area contributed by atoms with E-state index in [2.05, 4.69) is 38.0 Å². The molecule has 1 rings (SSSR count). The zero-order chi connectivity index (χ0) is 13.4. The van der Waals surface area contributed by atoms with Gasteiger partial charge in [0.15, 0.2) is 0 Å². The molecule has 2 unspecified atom stereocenters. The molecule has 0 aromatic heterocycles. The van der Waals surface area contributed by atoms with Crippen LogP contribution >= 0.6 is 0 Å². The minimum absolute atomic E-state index is 0.575. The molecule has 0 radical (unpaired) electrons. The predicted octanol–water partition coefficient (Wildman–Crippen LogP) is 2.51. The van der Waals surface area contributed by atoms with Gasteiger partial charge in [-0.3, -0.25) is 4.90 Å². The Hall–Kier alpha value is -0.120. The van der Waals surface area contributed by atoms with E-state index in [1.54, 1.807) is 0 Å². The molecule has 0 amide bonds. The van der Waals surface area contributed by atoms with Crippen molar-refractivity contribution < 1.29 is 4.74 Å². The first-order valence-corrected chi connectivity index (χ1v) is 7.70. The molecular weight excluding hydrogens is 224 g/mol. The van der Waals surface area contributed by atoms with Gasteiger partial charge in [0.25, 0.3) is 0 Å². The highest BCUT2D eigenvalue weighted by atomic mass is 16.5. The van der Waals surface area contributed by atoms with Crippen LogP contribution in [0.4, 0.5) is 0 Å². The van der Waals surface area contributed by atoms with Crippen LogP contribution in [0.5, 0.6) is 0 Å². The van der Waals surface area contributed by atoms with Crippen molar-refractivity contribution in [2.75, 3.05) is 33.4 Å². The molecule has 0 saturated heterocycles. The van der Waals surface area contributed by atoms with E-state index in [4.69, 9.17) is 4.74 Å². The molecule has 3 heteroatoms. The van der Waals surface area contributed by atoms with E-state index in [0.29, 0.717) is 12.1 Å². The lowest BCUT2D eigenvalue weighted by Crippen LogP contribution is -2.47. The molecule has 0 aliphatic heterocycles. The van der Waals surface area contributed by atoms with E-state index in [9.17, 15) is 0 Å². The summed E-state index contributed by atoms with van der Waals surface area (Å²) < 4.78 is 5.71. The summed E-state index contributed by atoms with van der Waals surface area (Å²) in [6, 6.07) is 1.17. The SMILES string of the molecule is CCCNC(CC)C(C)N(C)CCOCC1CC1. The minimum atomic E-state index is 0.575. The van der Waals surface area contributed by atoms with Crippen LogP contribution in [0.15, 0.2) is 0 Å². The molecule has 0 spiro atoms. The first-order valence-electron chi connectivity index (χ1n) is 7.70. The Morgan fingerprint density at radius 2 is 2.06 bits per heavy atom.